The Balaban J connectivity index is 0.841. The fourth-order valence-corrected chi connectivity index (χ4v) is 8.86. The summed E-state index contributed by atoms with van der Waals surface area (Å²) in [6, 6.07) is 14.7. The largest absolute Gasteiger partial charge is 0.385 e. The van der Waals surface area contributed by atoms with Gasteiger partial charge in [0.2, 0.25) is 5.91 Å². The first-order valence-corrected chi connectivity index (χ1v) is 20.1. The molecule has 0 bridgehead atoms. The van der Waals surface area contributed by atoms with E-state index in [9.17, 15) is 23.6 Å². The Morgan fingerprint density at radius 3 is 2.51 bits per heavy atom. The van der Waals surface area contributed by atoms with Crippen LogP contribution in [0, 0.1) is 5.92 Å². The summed E-state index contributed by atoms with van der Waals surface area (Å²) in [6.45, 7) is 4.37. The number of halogens is 2. The van der Waals surface area contributed by atoms with Crippen LogP contribution in [0.15, 0.2) is 60.9 Å². The van der Waals surface area contributed by atoms with Crippen molar-refractivity contribution in [1.29, 1.82) is 0 Å². The highest BCUT2D eigenvalue weighted by molar-refractivity contribution is 6.34. The van der Waals surface area contributed by atoms with E-state index in [4.69, 9.17) is 16.7 Å². The number of amides is 5. The third kappa shape index (κ3) is 7.18. The van der Waals surface area contributed by atoms with Crippen LogP contribution in [-0.4, -0.2) is 111 Å². The van der Waals surface area contributed by atoms with Gasteiger partial charge < -0.3 is 25.0 Å². The highest BCUT2D eigenvalue weighted by Gasteiger charge is 2.39. The van der Waals surface area contributed by atoms with E-state index >= 15 is 0 Å². The zero-order chi connectivity index (χ0) is 39.4. The van der Waals surface area contributed by atoms with Gasteiger partial charge in [-0.05, 0) is 75.0 Å². The summed E-state index contributed by atoms with van der Waals surface area (Å²) in [7, 11) is 1.81. The van der Waals surface area contributed by atoms with E-state index in [1.165, 1.54) is 11.1 Å². The first-order chi connectivity index (χ1) is 27.6. The van der Waals surface area contributed by atoms with Crippen LogP contribution in [-0.2, 0) is 11.3 Å². The number of likely N-dealkylation sites (tertiary alicyclic amines) is 2. The van der Waals surface area contributed by atoms with Gasteiger partial charge >= 0.3 is 6.03 Å². The van der Waals surface area contributed by atoms with E-state index in [0.717, 1.165) is 67.5 Å². The number of nitrogens with one attached hydrogen (secondary N) is 3. The number of hydrogen-bond acceptors (Lipinski definition) is 8. The maximum atomic E-state index is 13.6. The molecule has 9 rings (SSSR count). The van der Waals surface area contributed by atoms with Gasteiger partial charge in [0.1, 0.15) is 6.17 Å². The Bertz CT molecular complexity index is 2400. The molecule has 3 aromatic heterocycles. The van der Waals surface area contributed by atoms with Crippen LogP contribution in [0.1, 0.15) is 59.4 Å². The van der Waals surface area contributed by atoms with Gasteiger partial charge in [0, 0.05) is 80.3 Å². The normalized spacial score (nSPS) is 21.0. The Morgan fingerprint density at radius 2 is 1.77 bits per heavy atom. The molecule has 296 valence electrons. The minimum Gasteiger partial charge on any atom is -0.385 e. The number of fused-ring (bicyclic) bond motifs is 2. The van der Waals surface area contributed by atoms with Gasteiger partial charge in [-0.1, -0.05) is 29.8 Å². The van der Waals surface area contributed by atoms with Crippen molar-refractivity contribution in [1.82, 2.24) is 39.6 Å². The van der Waals surface area contributed by atoms with Gasteiger partial charge in [0.15, 0.2) is 11.3 Å². The third-order valence-corrected chi connectivity index (χ3v) is 12.3. The number of piperidine rings is 2. The molecule has 0 spiro atoms. The number of aromatic nitrogens is 4. The Hall–Kier alpha value is -5.54. The first kappa shape index (κ1) is 37.1. The monoisotopic (exact) mass is 794 g/mol. The van der Waals surface area contributed by atoms with Crippen LogP contribution >= 0.6 is 11.6 Å². The van der Waals surface area contributed by atoms with Gasteiger partial charge in [-0.2, -0.15) is 5.10 Å². The van der Waals surface area contributed by atoms with Crippen molar-refractivity contribution in [2.24, 2.45) is 5.92 Å². The minimum absolute atomic E-state index is 0.0880. The predicted molar refractivity (Wildman–Crippen MR) is 214 cm³/mol. The molecule has 3 saturated heterocycles. The van der Waals surface area contributed by atoms with E-state index in [1.54, 1.807) is 22.7 Å². The van der Waals surface area contributed by atoms with Crippen LogP contribution in [0.4, 0.5) is 20.6 Å². The average Bonchev–Trinajstić information content (AvgIpc) is 3.57. The lowest BCUT2D eigenvalue weighted by Gasteiger charge is -2.42. The molecular weight excluding hydrogens is 751 g/mol. The summed E-state index contributed by atoms with van der Waals surface area (Å²) in [4.78, 5) is 61.1. The topological polar surface area (TPSA) is 149 Å². The number of carbonyl (C=O) groups excluding carboxylic acids is 4. The van der Waals surface area contributed by atoms with Crippen molar-refractivity contribution >= 4 is 63.3 Å². The number of carbonyl (C=O) groups is 4. The molecule has 6 heterocycles. The maximum absolute atomic E-state index is 13.6. The van der Waals surface area contributed by atoms with Crippen molar-refractivity contribution < 1.29 is 23.6 Å². The molecule has 14 nitrogen and oxygen atoms in total. The number of rotatable bonds is 9. The van der Waals surface area contributed by atoms with Gasteiger partial charge in [-0.3, -0.25) is 24.6 Å². The molecule has 16 heteroatoms. The number of alkyl halides is 1. The van der Waals surface area contributed by atoms with Gasteiger partial charge in [-0.25, -0.2) is 18.7 Å². The first-order valence-electron chi connectivity index (χ1n) is 19.7. The standard InChI is InChI=1S/C41H44ClFN10O4/c1-44-33-20-31(48-53-36(21-45-38(33)53)39(55)46-32-19-30(32)43)28-23-51(34-5-3-2-4-27(28)34)22-24-8-13-49(14-9-24)26-10-15-50(16-11-26)40(56)25-6-7-29(42)35(18-25)52-17-12-37(54)47-41(52)57/h2-7,18,20-21,23-24,26,30,32,44H,8-17,19,22H2,1H3,(H,46,55)(H,47,54,57)/t30-,32+/m0/s1. The second kappa shape index (κ2) is 15.1. The fourth-order valence-electron chi connectivity index (χ4n) is 8.64. The van der Waals surface area contributed by atoms with Crippen LogP contribution in [0.25, 0.3) is 27.8 Å². The van der Waals surface area contributed by atoms with E-state index in [2.05, 4.69) is 54.8 Å². The molecule has 0 unspecified atom stereocenters. The third-order valence-electron chi connectivity index (χ3n) is 12.0. The predicted octanol–water partition coefficient (Wildman–Crippen LogP) is 5.35. The number of para-hydroxylation sites is 1. The average molecular weight is 795 g/mol. The Labute approximate surface area is 333 Å². The molecule has 3 aliphatic heterocycles. The van der Waals surface area contributed by atoms with Crippen molar-refractivity contribution in [2.75, 3.05) is 50.0 Å². The molecule has 1 saturated carbocycles. The molecule has 5 amide bonds. The summed E-state index contributed by atoms with van der Waals surface area (Å²) in [5.41, 5.74) is 5.18. The van der Waals surface area contributed by atoms with Crippen LogP contribution in [0.3, 0.4) is 0 Å². The fraction of sp³-hybridized carbons (Fsp3) is 0.415. The number of imide groups is 1. The van der Waals surface area contributed by atoms with E-state index in [1.807, 2.05) is 24.1 Å². The molecule has 2 aromatic carbocycles. The highest BCUT2D eigenvalue weighted by Crippen LogP contribution is 2.35. The number of anilines is 2. The molecule has 4 aliphatic rings. The van der Waals surface area contributed by atoms with Crippen molar-refractivity contribution in [2.45, 2.75) is 63.3 Å². The second-order valence-electron chi connectivity index (χ2n) is 15.5. The summed E-state index contributed by atoms with van der Waals surface area (Å²) in [5, 5.41) is 14.6. The van der Waals surface area contributed by atoms with Crippen molar-refractivity contribution in [3.8, 4) is 11.3 Å². The quantitative estimate of drug-likeness (QED) is 0.181. The van der Waals surface area contributed by atoms with Crippen molar-refractivity contribution in [3.05, 3.63) is 77.2 Å². The van der Waals surface area contributed by atoms with Crippen LogP contribution < -0.4 is 20.9 Å². The van der Waals surface area contributed by atoms with Gasteiger partial charge in [-0.15, -0.1) is 0 Å². The SMILES string of the molecule is CNc1cc(-c2cn(CC3CCN(C4CCN(C(=O)c5ccc(Cl)c(N6CCC(=O)NC6=O)c5)CC4)CC3)c3ccccc23)nn2c(C(=O)N[C@@H]3C[C@@H]3F)cnc12. The lowest BCUT2D eigenvalue weighted by Crippen LogP contribution is -2.50. The molecule has 5 aromatic rings. The lowest BCUT2D eigenvalue weighted by atomic mass is 9.93. The Kier molecular flexibility index (Phi) is 9.81. The Morgan fingerprint density at radius 1 is 1.00 bits per heavy atom. The summed E-state index contributed by atoms with van der Waals surface area (Å²) >= 11 is 6.42. The number of benzene rings is 2. The number of hydrogen-bond donors (Lipinski definition) is 3. The zero-order valence-corrected chi connectivity index (χ0v) is 32.3. The summed E-state index contributed by atoms with van der Waals surface area (Å²) in [5.74, 6) is -0.327. The molecule has 3 N–H and O–H groups in total. The van der Waals surface area contributed by atoms with Crippen molar-refractivity contribution in [3.63, 3.8) is 0 Å². The number of nitrogens with zero attached hydrogens (tertiary/aromatic N) is 7. The highest BCUT2D eigenvalue weighted by atomic mass is 35.5. The molecule has 2 atom stereocenters. The maximum Gasteiger partial charge on any atom is 0.328 e. The molecule has 1 aliphatic carbocycles. The minimum atomic E-state index is -1.01. The van der Waals surface area contributed by atoms with Crippen LogP contribution in [0.2, 0.25) is 5.02 Å². The van der Waals surface area contributed by atoms with E-state index in [-0.39, 0.29) is 30.5 Å². The lowest BCUT2D eigenvalue weighted by molar-refractivity contribution is -0.120. The molecule has 57 heavy (non-hydrogen) atoms. The van der Waals surface area contributed by atoms with Gasteiger partial charge in [0.05, 0.1) is 34.3 Å². The second-order valence-corrected chi connectivity index (χ2v) is 15.9. The molecular formula is C41H44ClFN10O4. The molecule has 0 radical (unpaired) electrons. The zero-order valence-electron chi connectivity index (χ0n) is 31.6. The summed E-state index contributed by atoms with van der Waals surface area (Å²) < 4.78 is 17.5. The van der Waals surface area contributed by atoms with E-state index in [0.29, 0.717) is 59.1 Å². The number of urea groups is 1. The molecule has 4 fully saturated rings. The van der Waals surface area contributed by atoms with Crippen LogP contribution in [0.5, 0.6) is 0 Å². The van der Waals surface area contributed by atoms with E-state index < -0.39 is 24.2 Å². The smallest absolute Gasteiger partial charge is 0.328 e. The number of imidazole rings is 1. The van der Waals surface area contributed by atoms with Gasteiger partial charge in [0.25, 0.3) is 11.8 Å². The summed E-state index contributed by atoms with van der Waals surface area (Å²) in [6.07, 6.45) is 7.04.